The molecule has 0 bridgehead atoms. The molecular weight excluding hydrogens is 372 g/mol. The Balaban J connectivity index is 1.69. The van der Waals surface area contributed by atoms with E-state index in [1.807, 2.05) is 19.1 Å². The smallest absolute Gasteiger partial charge is 0.264 e. The number of nitrogens with zero attached hydrogens (tertiary/aromatic N) is 2. The van der Waals surface area contributed by atoms with Crippen LogP contribution in [-0.2, 0) is 16.6 Å². The van der Waals surface area contributed by atoms with Gasteiger partial charge in [-0.25, -0.2) is 8.42 Å². The summed E-state index contributed by atoms with van der Waals surface area (Å²) in [5.41, 5.74) is 3.10. The predicted molar refractivity (Wildman–Crippen MR) is 109 cm³/mol. The standard InChI is InChI=1S/C22H20N2O3S/c1-17-3-13-22(14-4-17)28(25,26)24(2)20-9-11-21(12-10-20)27-16-19-7-5-18(15-23)6-8-19/h3-14H,16H2,1-2H3. The molecule has 0 saturated carbocycles. The Kier molecular flexibility index (Phi) is 5.67. The van der Waals surface area contributed by atoms with Crippen molar-refractivity contribution in [2.75, 3.05) is 11.4 Å². The van der Waals surface area contributed by atoms with Gasteiger partial charge in [0.05, 0.1) is 22.2 Å². The fourth-order valence-corrected chi connectivity index (χ4v) is 3.80. The predicted octanol–water partition coefficient (Wildman–Crippen LogP) is 4.27. The molecule has 3 aromatic rings. The Morgan fingerprint density at radius 3 is 2.11 bits per heavy atom. The summed E-state index contributed by atoms with van der Waals surface area (Å²) in [6, 6.07) is 22.9. The van der Waals surface area contributed by atoms with Gasteiger partial charge < -0.3 is 4.74 Å². The van der Waals surface area contributed by atoms with Crippen molar-refractivity contribution in [2.24, 2.45) is 0 Å². The topological polar surface area (TPSA) is 70.4 Å². The lowest BCUT2D eigenvalue weighted by Crippen LogP contribution is -2.26. The molecule has 3 aromatic carbocycles. The molecule has 0 N–H and O–H groups in total. The maximum Gasteiger partial charge on any atom is 0.264 e. The summed E-state index contributed by atoms with van der Waals surface area (Å²) in [4.78, 5) is 0.252. The second-order valence-electron chi connectivity index (χ2n) is 6.38. The molecule has 0 aromatic heterocycles. The zero-order valence-corrected chi connectivity index (χ0v) is 16.5. The molecule has 0 saturated heterocycles. The van der Waals surface area contributed by atoms with Gasteiger partial charge in [-0.2, -0.15) is 5.26 Å². The SMILES string of the molecule is Cc1ccc(S(=O)(=O)N(C)c2ccc(OCc3ccc(C#N)cc3)cc2)cc1. The van der Waals surface area contributed by atoms with Gasteiger partial charge in [0.15, 0.2) is 0 Å². The zero-order valence-electron chi connectivity index (χ0n) is 15.7. The largest absolute Gasteiger partial charge is 0.489 e. The number of hydrogen-bond acceptors (Lipinski definition) is 4. The lowest BCUT2D eigenvalue weighted by molar-refractivity contribution is 0.306. The van der Waals surface area contributed by atoms with Crippen LogP contribution in [0.3, 0.4) is 0 Å². The van der Waals surface area contributed by atoms with Crippen molar-refractivity contribution in [3.63, 3.8) is 0 Å². The molecule has 0 atom stereocenters. The molecule has 0 aliphatic carbocycles. The average Bonchev–Trinajstić information content (AvgIpc) is 2.73. The molecule has 0 aliphatic rings. The van der Waals surface area contributed by atoms with Crippen LogP contribution < -0.4 is 9.04 Å². The van der Waals surface area contributed by atoms with E-state index in [1.54, 1.807) is 60.7 Å². The first-order valence-corrected chi connectivity index (χ1v) is 10.1. The van der Waals surface area contributed by atoms with Gasteiger partial charge in [-0.05, 0) is 61.0 Å². The van der Waals surface area contributed by atoms with Crippen LogP contribution in [0.15, 0.2) is 77.7 Å². The second kappa shape index (κ2) is 8.15. The van der Waals surface area contributed by atoms with Crippen LogP contribution >= 0.6 is 0 Å². The molecule has 0 spiro atoms. The molecule has 6 heteroatoms. The fourth-order valence-electron chi connectivity index (χ4n) is 2.60. The molecule has 0 aliphatic heterocycles. The summed E-state index contributed by atoms with van der Waals surface area (Å²) in [6.45, 7) is 2.28. The van der Waals surface area contributed by atoms with Gasteiger partial charge in [-0.1, -0.05) is 29.8 Å². The summed E-state index contributed by atoms with van der Waals surface area (Å²) in [5, 5.41) is 8.82. The van der Waals surface area contributed by atoms with E-state index in [9.17, 15) is 8.42 Å². The van der Waals surface area contributed by atoms with E-state index in [0.717, 1.165) is 11.1 Å². The number of nitriles is 1. The van der Waals surface area contributed by atoms with Crippen LogP contribution in [0.25, 0.3) is 0 Å². The van der Waals surface area contributed by atoms with Gasteiger partial charge in [0.2, 0.25) is 0 Å². The van der Waals surface area contributed by atoms with Crippen LogP contribution in [0.4, 0.5) is 5.69 Å². The first-order chi connectivity index (χ1) is 13.4. The average molecular weight is 392 g/mol. The van der Waals surface area contributed by atoms with Gasteiger partial charge in [0.25, 0.3) is 10.0 Å². The lowest BCUT2D eigenvalue weighted by atomic mass is 10.2. The van der Waals surface area contributed by atoms with Crippen molar-refractivity contribution < 1.29 is 13.2 Å². The molecule has 5 nitrogen and oxygen atoms in total. The number of anilines is 1. The van der Waals surface area contributed by atoms with Crippen molar-refractivity contribution in [2.45, 2.75) is 18.4 Å². The minimum Gasteiger partial charge on any atom is -0.489 e. The van der Waals surface area contributed by atoms with Crippen molar-refractivity contribution in [1.29, 1.82) is 5.26 Å². The Morgan fingerprint density at radius 1 is 0.929 bits per heavy atom. The van der Waals surface area contributed by atoms with E-state index >= 15 is 0 Å². The van der Waals surface area contributed by atoms with E-state index < -0.39 is 10.0 Å². The van der Waals surface area contributed by atoms with Gasteiger partial charge in [0, 0.05) is 7.05 Å². The van der Waals surface area contributed by atoms with Crippen molar-refractivity contribution in [3.8, 4) is 11.8 Å². The van der Waals surface area contributed by atoms with Gasteiger partial charge in [0.1, 0.15) is 12.4 Å². The number of rotatable bonds is 6. The van der Waals surface area contributed by atoms with Crippen LogP contribution in [0.2, 0.25) is 0 Å². The van der Waals surface area contributed by atoms with Crippen molar-refractivity contribution >= 4 is 15.7 Å². The number of aryl methyl sites for hydroxylation is 1. The molecular formula is C22H20N2O3S. The van der Waals surface area contributed by atoms with Crippen LogP contribution in [-0.4, -0.2) is 15.5 Å². The Bertz CT molecular complexity index is 1080. The Labute approximate surface area is 165 Å². The molecule has 3 rings (SSSR count). The summed E-state index contributed by atoms with van der Waals surface area (Å²) < 4.78 is 32.5. The third-order valence-corrected chi connectivity index (χ3v) is 6.17. The van der Waals surface area contributed by atoms with Crippen molar-refractivity contribution in [1.82, 2.24) is 0 Å². The van der Waals surface area contributed by atoms with E-state index in [1.165, 1.54) is 11.4 Å². The maximum absolute atomic E-state index is 12.8. The van der Waals surface area contributed by atoms with Gasteiger partial charge in [-0.15, -0.1) is 0 Å². The molecule has 0 amide bonds. The van der Waals surface area contributed by atoms with E-state index in [-0.39, 0.29) is 4.90 Å². The highest BCUT2D eigenvalue weighted by Gasteiger charge is 2.21. The zero-order chi connectivity index (χ0) is 20.1. The molecule has 0 unspecified atom stereocenters. The van der Waals surface area contributed by atoms with E-state index in [2.05, 4.69) is 6.07 Å². The van der Waals surface area contributed by atoms with Crippen LogP contribution in [0.5, 0.6) is 5.75 Å². The third-order valence-electron chi connectivity index (χ3n) is 4.37. The molecule has 0 radical (unpaired) electrons. The fraction of sp³-hybridized carbons (Fsp3) is 0.136. The Hall–Kier alpha value is -3.30. The third kappa shape index (κ3) is 4.33. The number of hydrogen-bond donors (Lipinski definition) is 0. The quantitative estimate of drug-likeness (QED) is 0.628. The summed E-state index contributed by atoms with van der Waals surface area (Å²) >= 11 is 0. The van der Waals surface area contributed by atoms with Crippen molar-refractivity contribution in [3.05, 3.63) is 89.5 Å². The number of sulfonamides is 1. The second-order valence-corrected chi connectivity index (χ2v) is 8.35. The summed E-state index contributed by atoms with van der Waals surface area (Å²) in [5.74, 6) is 0.634. The normalized spacial score (nSPS) is 10.9. The minimum absolute atomic E-state index is 0.252. The first kappa shape index (κ1) is 19.5. The highest BCUT2D eigenvalue weighted by molar-refractivity contribution is 7.92. The minimum atomic E-state index is -3.62. The van der Waals surface area contributed by atoms with Gasteiger partial charge in [-0.3, -0.25) is 4.31 Å². The van der Waals surface area contributed by atoms with E-state index in [4.69, 9.17) is 10.00 Å². The monoisotopic (exact) mass is 392 g/mol. The van der Waals surface area contributed by atoms with E-state index in [0.29, 0.717) is 23.6 Å². The molecule has 28 heavy (non-hydrogen) atoms. The maximum atomic E-state index is 12.8. The number of benzene rings is 3. The van der Waals surface area contributed by atoms with Crippen LogP contribution in [0, 0.1) is 18.3 Å². The highest BCUT2D eigenvalue weighted by atomic mass is 32.2. The van der Waals surface area contributed by atoms with Crippen LogP contribution in [0.1, 0.15) is 16.7 Å². The Morgan fingerprint density at radius 2 is 1.54 bits per heavy atom. The summed E-state index contributed by atoms with van der Waals surface area (Å²) in [7, 11) is -2.09. The number of ether oxygens (including phenoxy) is 1. The lowest BCUT2D eigenvalue weighted by Gasteiger charge is -2.20. The molecule has 142 valence electrons. The first-order valence-electron chi connectivity index (χ1n) is 8.67. The molecule has 0 heterocycles. The summed E-state index contributed by atoms with van der Waals surface area (Å²) in [6.07, 6.45) is 0. The highest BCUT2D eigenvalue weighted by Crippen LogP contribution is 2.25. The molecule has 0 fully saturated rings. The van der Waals surface area contributed by atoms with Gasteiger partial charge >= 0.3 is 0 Å².